The van der Waals surface area contributed by atoms with E-state index in [0.29, 0.717) is 0 Å². The van der Waals surface area contributed by atoms with E-state index in [4.69, 9.17) is 0 Å². The molecular formula is C13H15BrN2. The zero-order valence-electron chi connectivity index (χ0n) is 9.57. The molecule has 0 amide bonds. The molecule has 16 heavy (non-hydrogen) atoms. The van der Waals surface area contributed by atoms with E-state index in [9.17, 15) is 5.26 Å². The largest absolute Gasteiger partial charge is 0.301 e. The molecule has 0 radical (unpaired) electrons. The fraction of sp³-hybridized carbons (Fsp3) is 0.462. The molecule has 0 aromatic heterocycles. The van der Waals surface area contributed by atoms with Crippen LogP contribution in [0.15, 0.2) is 28.7 Å². The predicted molar refractivity (Wildman–Crippen MR) is 67.9 cm³/mol. The van der Waals surface area contributed by atoms with Gasteiger partial charge in [-0.15, -0.1) is 0 Å². The van der Waals surface area contributed by atoms with Gasteiger partial charge in [0.15, 0.2) is 0 Å². The highest BCUT2D eigenvalue weighted by molar-refractivity contribution is 9.10. The molecule has 84 valence electrons. The standard InChI is InChI=1S/C13H15BrN2/c1-16(2)12(13(9-15)7-8-13)10-3-5-11(14)6-4-10/h3-6,12H,7-8H2,1-2H3. The minimum Gasteiger partial charge on any atom is -0.301 e. The van der Waals surface area contributed by atoms with Crippen molar-refractivity contribution in [3.8, 4) is 6.07 Å². The van der Waals surface area contributed by atoms with Crippen LogP contribution in [-0.2, 0) is 0 Å². The highest BCUT2D eigenvalue weighted by atomic mass is 79.9. The van der Waals surface area contributed by atoms with Crippen molar-refractivity contribution >= 4 is 15.9 Å². The van der Waals surface area contributed by atoms with E-state index in [-0.39, 0.29) is 11.5 Å². The van der Waals surface area contributed by atoms with E-state index in [1.807, 2.05) is 26.2 Å². The number of hydrogen-bond acceptors (Lipinski definition) is 2. The molecule has 1 atom stereocenters. The van der Waals surface area contributed by atoms with Crippen LogP contribution in [0.1, 0.15) is 24.4 Å². The maximum atomic E-state index is 9.31. The summed E-state index contributed by atoms with van der Waals surface area (Å²) in [5.41, 5.74) is 1.07. The van der Waals surface area contributed by atoms with Crippen LogP contribution in [-0.4, -0.2) is 19.0 Å². The van der Waals surface area contributed by atoms with Crippen molar-refractivity contribution in [3.05, 3.63) is 34.3 Å². The molecule has 2 nitrogen and oxygen atoms in total. The van der Waals surface area contributed by atoms with Crippen LogP contribution in [0.25, 0.3) is 0 Å². The summed E-state index contributed by atoms with van der Waals surface area (Å²) in [6.45, 7) is 0. The zero-order valence-corrected chi connectivity index (χ0v) is 11.2. The second-order valence-corrected chi connectivity index (χ2v) is 5.60. The topological polar surface area (TPSA) is 27.0 Å². The Hall–Kier alpha value is -0.850. The molecular weight excluding hydrogens is 264 g/mol. The summed E-state index contributed by atoms with van der Waals surface area (Å²) in [7, 11) is 4.09. The van der Waals surface area contributed by atoms with E-state index in [1.165, 1.54) is 5.56 Å². The average Bonchev–Trinajstić information content (AvgIpc) is 3.02. The van der Waals surface area contributed by atoms with Crippen LogP contribution in [0, 0.1) is 16.7 Å². The Kier molecular flexibility index (Phi) is 3.05. The summed E-state index contributed by atoms with van der Waals surface area (Å²) in [4.78, 5) is 2.15. The van der Waals surface area contributed by atoms with Gasteiger partial charge in [0.25, 0.3) is 0 Å². The van der Waals surface area contributed by atoms with E-state index in [2.05, 4.69) is 39.0 Å². The highest BCUT2D eigenvalue weighted by Gasteiger charge is 2.51. The highest BCUT2D eigenvalue weighted by Crippen LogP contribution is 2.56. The average molecular weight is 279 g/mol. The number of nitriles is 1. The molecule has 1 unspecified atom stereocenters. The van der Waals surface area contributed by atoms with E-state index in [1.54, 1.807) is 0 Å². The Morgan fingerprint density at radius 3 is 2.25 bits per heavy atom. The van der Waals surface area contributed by atoms with E-state index >= 15 is 0 Å². The first-order valence-electron chi connectivity index (χ1n) is 5.42. The lowest BCUT2D eigenvalue weighted by Gasteiger charge is -2.28. The van der Waals surface area contributed by atoms with Gasteiger partial charge >= 0.3 is 0 Å². The fourth-order valence-electron chi connectivity index (χ4n) is 2.34. The third-order valence-corrected chi connectivity index (χ3v) is 3.77. The van der Waals surface area contributed by atoms with Crippen molar-refractivity contribution in [3.63, 3.8) is 0 Å². The normalized spacial score (nSPS) is 19.2. The molecule has 0 bridgehead atoms. The van der Waals surface area contributed by atoms with Crippen molar-refractivity contribution in [1.82, 2.24) is 4.90 Å². The predicted octanol–water partition coefficient (Wildman–Crippen LogP) is 3.36. The molecule has 0 N–H and O–H groups in total. The Labute approximate surface area is 105 Å². The van der Waals surface area contributed by atoms with Crippen LogP contribution < -0.4 is 0 Å². The Balaban J connectivity index is 2.34. The van der Waals surface area contributed by atoms with Gasteiger partial charge in [-0.1, -0.05) is 28.1 Å². The van der Waals surface area contributed by atoms with Gasteiger partial charge in [0, 0.05) is 4.47 Å². The fourth-order valence-corrected chi connectivity index (χ4v) is 2.60. The van der Waals surface area contributed by atoms with Gasteiger partial charge < -0.3 is 4.90 Å². The van der Waals surface area contributed by atoms with Crippen LogP contribution in [0.5, 0.6) is 0 Å². The Morgan fingerprint density at radius 1 is 1.31 bits per heavy atom. The van der Waals surface area contributed by atoms with Crippen LogP contribution in [0.3, 0.4) is 0 Å². The minimum atomic E-state index is -0.155. The van der Waals surface area contributed by atoms with E-state index < -0.39 is 0 Å². The van der Waals surface area contributed by atoms with Crippen molar-refractivity contribution in [2.45, 2.75) is 18.9 Å². The quantitative estimate of drug-likeness (QED) is 0.848. The van der Waals surface area contributed by atoms with Gasteiger partial charge in [0.1, 0.15) is 0 Å². The van der Waals surface area contributed by atoms with Crippen molar-refractivity contribution < 1.29 is 0 Å². The zero-order chi connectivity index (χ0) is 11.8. The lowest BCUT2D eigenvalue weighted by Crippen LogP contribution is -2.27. The van der Waals surface area contributed by atoms with Crippen molar-refractivity contribution in [2.24, 2.45) is 5.41 Å². The Morgan fingerprint density at radius 2 is 1.88 bits per heavy atom. The molecule has 1 aliphatic rings. The van der Waals surface area contributed by atoms with Crippen LogP contribution >= 0.6 is 15.9 Å². The molecule has 1 saturated carbocycles. The lowest BCUT2D eigenvalue weighted by molar-refractivity contribution is 0.232. The Bertz CT molecular complexity index is 413. The summed E-state index contributed by atoms with van der Waals surface area (Å²) in [5.74, 6) is 0. The number of halogens is 1. The first-order chi connectivity index (χ1) is 7.59. The summed E-state index contributed by atoms with van der Waals surface area (Å²) in [6, 6.07) is 11.0. The summed E-state index contributed by atoms with van der Waals surface area (Å²) < 4.78 is 1.08. The van der Waals surface area contributed by atoms with Gasteiger partial charge in [-0.2, -0.15) is 5.26 Å². The first-order valence-corrected chi connectivity index (χ1v) is 6.21. The molecule has 0 aliphatic heterocycles. The third kappa shape index (κ3) is 2.00. The second kappa shape index (κ2) is 4.20. The molecule has 0 heterocycles. The number of nitrogens with zero attached hydrogens (tertiary/aromatic N) is 2. The monoisotopic (exact) mass is 278 g/mol. The van der Waals surface area contributed by atoms with Gasteiger partial charge in [-0.05, 0) is 44.6 Å². The third-order valence-electron chi connectivity index (χ3n) is 3.24. The molecule has 0 saturated heterocycles. The molecule has 1 aromatic carbocycles. The molecule has 2 rings (SSSR count). The van der Waals surface area contributed by atoms with Crippen molar-refractivity contribution in [2.75, 3.05) is 14.1 Å². The maximum absolute atomic E-state index is 9.31. The summed E-state index contributed by atoms with van der Waals surface area (Å²) in [6.07, 6.45) is 2.03. The van der Waals surface area contributed by atoms with Crippen LogP contribution in [0.2, 0.25) is 0 Å². The first kappa shape index (κ1) is 11.6. The van der Waals surface area contributed by atoms with Gasteiger partial charge in [-0.25, -0.2) is 0 Å². The lowest BCUT2D eigenvalue weighted by atomic mass is 9.90. The molecule has 1 aliphatic carbocycles. The number of hydrogen-bond donors (Lipinski definition) is 0. The van der Waals surface area contributed by atoms with E-state index in [0.717, 1.165) is 17.3 Å². The minimum absolute atomic E-state index is 0.155. The molecule has 0 spiro atoms. The molecule has 1 fully saturated rings. The summed E-state index contributed by atoms with van der Waals surface area (Å²) >= 11 is 3.44. The van der Waals surface area contributed by atoms with Crippen LogP contribution in [0.4, 0.5) is 0 Å². The second-order valence-electron chi connectivity index (χ2n) is 4.69. The maximum Gasteiger partial charge on any atom is 0.0771 e. The van der Waals surface area contributed by atoms with Crippen molar-refractivity contribution in [1.29, 1.82) is 5.26 Å². The number of rotatable bonds is 3. The smallest absolute Gasteiger partial charge is 0.0771 e. The molecule has 1 aromatic rings. The van der Waals surface area contributed by atoms with Gasteiger partial charge in [0.2, 0.25) is 0 Å². The number of benzene rings is 1. The SMILES string of the molecule is CN(C)C(c1ccc(Br)cc1)C1(C#N)CC1. The van der Waals surface area contributed by atoms with Gasteiger partial charge in [-0.3, -0.25) is 0 Å². The molecule has 3 heteroatoms. The van der Waals surface area contributed by atoms with Gasteiger partial charge in [0.05, 0.1) is 17.5 Å². The summed E-state index contributed by atoms with van der Waals surface area (Å²) in [5, 5.41) is 9.31.